The maximum atomic E-state index is 12.5. The van der Waals surface area contributed by atoms with Gasteiger partial charge in [0.1, 0.15) is 18.5 Å². The molecule has 2 aromatic carbocycles. The highest BCUT2D eigenvalue weighted by molar-refractivity contribution is 6.01. The van der Waals surface area contributed by atoms with Crippen LogP contribution in [0.4, 0.5) is 0 Å². The van der Waals surface area contributed by atoms with E-state index in [2.05, 4.69) is 0 Å². The van der Waals surface area contributed by atoms with Gasteiger partial charge in [-0.2, -0.15) is 0 Å². The number of Topliss-reactive ketones (excluding diaryl/α,β-unsaturated/α-hetero) is 1. The first-order valence-corrected chi connectivity index (χ1v) is 8.90. The lowest BCUT2D eigenvalue weighted by Crippen LogP contribution is -2.27. The van der Waals surface area contributed by atoms with Crippen LogP contribution < -0.4 is 4.74 Å². The van der Waals surface area contributed by atoms with Gasteiger partial charge in [0.2, 0.25) is 0 Å². The molecule has 4 nitrogen and oxygen atoms in total. The third-order valence-corrected chi connectivity index (χ3v) is 4.42. The summed E-state index contributed by atoms with van der Waals surface area (Å²) >= 11 is 0. The van der Waals surface area contributed by atoms with Crippen molar-refractivity contribution in [2.24, 2.45) is 5.41 Å². The van der Waals surface area contributed by atoms with Crippen LogP contribution in [0.25, 0.3) is 0 Å². The van der Waals surface area contributed by atoms with Crippen molar-refractivity contribution in [2.75, 3.05) is 0 Å². The average Bonchev–Trinajstić information content (AvgIpc) is 2.62. The van der Waals surface area contributed by atoms with E-state index in [1.54, 1.807) is 6.07 Å². The Bertz CT molecular complexity index is 803. The van der Waals surface area contributed by atoms with Crippen molar-refractivity contribution in [3.8, 4) is 5.75 Å². The first-order valence-electron chi connectivity index (χ1n) is 8.90. The van der Waals surface area contributed by atoms with E-state index in [1.165, 1.54) is 0 Å². The molecule has 136 valence electrons. The molecule has 0 N–H and O–H groups in total. The molecule has 1 aliphatic carbocycles. The molecule has 3 rings (SSSR count). The van der Waals surface area contributed by atoms with E-state index in [9.17, 15) is 9.59 Å². The van der Waals surface area contributed by atoms with Crippen molar-refractivity contribution < 1.29 is 19.1 Å². The Morgan fingerprint density at radius 1 is 1.08 bits per heavy atom. The van der Waals surface area contributed by atoms with Gasteiger partial charge >= 0.3 is 5.97 Å². The van der Waals surface area contributed by atoms with E-state index < -0.39 is 11.5 Å². The average molecular weight is 352 g/mol. The van der Waals surface area contributed by atoms with Crippen LogP contribution in [-0.4, -0.2) is 11.8 Å². The topological polar surface area (TPSA) is 52.6 Å². The molecule has 2 aromatic rings. The van der Waals surface area contributed by atoms with Crippen LogP contribution in [0, 0.1) is 5.41 Å². The zero-order chi connectivity index (χ0) is 18.7. The highest BCUT2D eigenvalue weighted by atomic mass is 16.5. The molecule has 0 radical (unpaired) electrons. The van der Waals surface area contributed by atoms with Crippen molar-refractivity contribution in [1.82, 2.24) is 0 Å². The van der Waals surface area contributed by atoms with Crippen molar-refractivity contribution in [3.63, 3.8) is 0 Å². The number of ether oxygens (including phenoxy) is 2. The maximum Gasteiger partial charge on any atom is 0.311 e. The summed E-state index contributed by atoms with van der Waals surface area (Å²) in [6, 6.07) is 15.3. The molecule has 0 aliphatic heterocycles. The molecule has 26 heavy (non-hydrogen) atoms. The number of hydrogen-bond donors (Lipinski definition) is 0. The van der Waals surface area contributed by atoms with Gasteiger partial charge in [-0.3, -0.25) is 9.59 Å². The van der Waals surface area contributed by atoms with Crippen LogP contribution in [-0.2, 0) is 16.1 Å². The van der Waals surface area contributed by atoms with Crippen LogP contribution in [0.15, 0.2) is 48.5 Å². The summed E-state index contributed by atoms with van der Waals surface area (Å²) in [6.07, 6.45) is 0.450. The predicted octanol–water partition coefficient (Wildman–Crippen LogP) is 4.87. The fourth-order valence-electron chi connectivity index (χ4n) is 2.94. The van der Waals surface area contributed by atoms with Gasteiger partial charge in [0, 0.05) is 12.0 Å². The first-order chi connectivity index (χ1) is 12.4. The smallest absolute Gasteiger partial charge is 0.311 e. The van der Waals surface area contributed by atoms with E-state index >= 15 is 0 Å². The van der Waals surface area contributed by atoms with Crippen LogP contribution in [0.3, 0.4) is 0 Å². The second-order valence-electron chi connectivity index (χ2n) is 7.60. The van der Waals surface area contributed by atoms with Gasteiger partial charge in [-0.1, -0.05) is 42.5 Å². The van der Waals surface area contributed by atoms with E-state index in [1.807, 2.05) is 63.2 Å². The Morgan fingerprint density at radius 2 is 1.81 bits per heavy atom. The first kappa shape index (κ1) is 18.2. The van der Waals surface area contributed by atoms with E-state index in [4.69, 9.17) is 9.47 Å². The van der Waals surface area contributed by atoms with Gasteiger partial charge in [-0.15, -0.1) is 0 Å². The predicted molar refractivity (Wildman–Crippen MR) is 99.1 cm³/mol. The number of ketones is 1. The third-order valence-electron chi connectivity index (χ3n) is 4.42. The summed E-state index contributed by atoms with van der Waals surface area (Å²) < 4.78 is 11.6. The molecule has 0 bridgehead atoms. The Balaban J connectivity index is 1.85. The largest absolute Gasteiger partial charge is 0.488 e. The minimum atomic E-state index is -0.580. The van der Waals surface area contributed by atoms with Crippen LogP contribution >= 0.6 is 0 Å². The number of fused-ring (bicyclic) bond motifs is 1. The molecule has 1 aliphatic rings. The lowest BCUT2D eigenvalue weighted by molar-refractivity contribution is -0.159. The molecule has 4 heteroatoms. The number of benzene rings is 2. The molecule has 0 aromatic heterocycles. The molecule has 1 atom stereocenters. The van der Waals surface area contributed by atoms with Crippen LogP contribution in [0.2, 0.25) is 0 Å². The molecule has 0 saturated heterocycles. The molecule has 0 fully saturated rings. The van der Waals surface area contributed by atoms with Gasteiger partial charge in [0.25, 0.3) is 0 Å². The summed E-state index contributed by atoms with van der Waals surface area (Å²) in [5.74, 6) is 0.318. The standard InChI is InChI=1S/C22H24O4/c1-22(2,3)21(24)26-18-13-12-17(23)20-16(18)10-7-11-19(20)25-14-15-8-5-4-6-9-15/h4-11,18H,12-14H2,1-3H3. The minimum absolute atomic E-state index is 0.0340. The number of carbonyl (C=O) groups is 2. The van der Waals surface area contributed by atoms with Crippen molar-refractivity contribution >= 4 is 11.8 Å². The van der Waals surface area contributed by atoms with Gasteiger partial charge in [0.05, 0.1) is 11.0 Å². The minimum Gasteiger partial charge on any atom is -0.488 e. The van der Waals surface area contributed by atoms with Crippen molar-refractivity contribution in [1.29, 1.82) is 0 Å². The summed E-state index contributed by atoms with van der Waals surface area (Å²) in [7, 11) is 0. The number of rotatable bonds is 4. The second kappa shape index (κ2) is 7.32. The summed E-state index contributed by atoms with van der Waals surface area (Å²) in [5, 5.41) is 0. The SMILES string of the molecule is CC(C)(C)C(=O)OC1CCC(=O)c2c(OCc3ccccc3)cccc21. The Labute approximate surface area is 154 Å². The normalized spacial score (nSPS) is 16.7. The zero-order valence-electron chi connectivity index (χ0n) is 15.5. The summed E-state index contributed by atoms with van der Waals surface area (Å²) in [4.78, 5) is 24.8. The fraction of sp³-hybridized carbons (Fsp3) is 0.364. The van der Waals surface area contributed by atoms with Crippen LogP contribution in [0.1, 0.15) is 61.2 Å². The Hall–Kier alpha value is -2.62. The zero-order valence-corrected chi connectivity index (χ0v) is 15.5. The number of carbonyl (C=O) groups excluding carboxylic acids is 2. The van der Waals surface area contributed by atoms with Crippen molar-refractivity contribution in [2.45, 2.75) is 46.3 Å². The molecular formula is C22H24O4. The number of esters is 1. The fourth-order valence-corrected chi connectivity index (χ4v) is 2.94. The second-order valence-corrected chi connectivity index (χ2v) is 7.60. The third kappa shape index (κ3) is 3.96. The van der Waals surface area contributed by atoms with Crippen LogP contribution in [0.5, 0.6) is 5.75 Å². The van der Waals surface area contributed by atoms with E-state index in [0.717, 1.165) is 11.1 Å². The maximum absolute atomic E-state index is 12.5. The number of hydrogen-bond acceptors (Lipinski definition) is 4. The molecule has 1 unspecified atom stereocenters. The lowest BCUT2D eigenvalue weighted by atomic mass is 9.87. The van der Waals surface area contributed by atoms with E-state index in [-0.39, 0.29) is 11.8 Å². The Morgan fingerprint density at radius 3 is 2.50 bits per heavy atom. The summed E-state index contributed by atoms with van der Waals surface area (Å²) in [5.41, 5.74) is 1.73. The van der Waals surface area contributed by atoms with Gasteiger partial charge in [0.15, 0.2) is 5.78 Å². The lowest BCUT2D eigenvalue weighted by Gasteiger charge is -2.28. The molecule has 0 spiro atoms. The molecule has 0 heterocycles. The molecular weight excluding hydrogens is 328 g/mol. The molecule has 0 saturated carbocycles. The monoisotopic (exact) mass is 352 g/mol. The van der Waals surface area contributed by atoms with Gasteiger partial charge in [-0.05, 0) is 38.8 Å². The van der Waals surface area contributed by atoms with Gasteiger partial charge < -0.3 is 9.47 Å². The summed E-state index contributed by atoms with van der Waals surface area (Å²) in [6.45, 7) is 5.86. The quantitative estimate of drug-likeness (QED) is 0.737. The van der Waals surface area contributed by atoms with E-state index in [0.29, 0.717) is 30.8 Å². The van der Waals surface area contributed by atoms with Crippen molar-refractivity contribution in [3.05, 3.63) is 65.2 Å². The highest BCUT2D eigenvalue weighted by Gasteiger charge is 2.33. The highest BCUT2D eigenvalue weighted by Crippen LogP contribution is 2.38. The molecule has 0 amide bonds. The van der Waals surface area contributed by atoms with Gasteiger partial charge in [-0.25, -0.2) is 0 Å². The Kier molecular flexibility index (Phi) is 5.12.